The van der Waals surface area contributed by atoms with Crippen LogP contribution in [0.25, 0.3) is 0 Å². The second kappa shape index (κ2) is 6.05. The molecule has 3 N–H and O–H groups in total. The van der Waals surface area contributed by atoms with E-state index in [0.717, 1.165) is 11.1 Å². The Bertz CT molecular complexity index is 458. The summed E-state index contributed by atoms with van der Waals surface area (Å²) in [6, 6.07) is 4.33. The van der Waals surface area contributed by atoms with Gasteiger partial charge in [0.1, 0.15) is 6.04 Å². The fourth-order valence-corrected chi connectivity index (χ4v) is 1.53. The van der Waals surface area contributed by atoms with E-state index in [9.17, 15) is 9.59 Å². The number of aryl methyl sites for hydroxylation is 2. The van der Waals surface area contributed by atoms with Gasteiger partial charge < -0.3 is 15.7 Å². The van der Waals surface area contributed by atoms with Gasteiger partial charge in [-0.3, -0.25) is 0 Å². The van der Waals surface area contributed by atoms with Crippen molar-refractivity contribution >= 4 is 17.7 Å². The molecule has 1 aromatic carbocycles. The van der Waals surface area contributed by atoms with E-state index in [-0.39, 0.29) is 0 Å². The molecule has 0 aromatic heterocycles. The zero-order valence-electron chi connectivity index (χ0n) is 10.8. The lowest BCUT2D eigenvalue weighted by Gasteiger charge is -2.14. The van der Waals surface area contributed by atoms with E-state index in [2.05, 4.69) is 10.6 Å². The Kier molecular flexibility index (Phi) is 4.71. The Labute approximate surface area is 106 Å². The van der Waals surface area contributed by atoms with Crippen LogP contribution in [0.5, 0.6) is 0 Å². The second-order valence-electron chi connectivity index (χ2n) is 4.22. The number of nitrogens with one attached hydrogen (secondary N) is 2. The Morgan fingerprint density at radius 2 is 2.00 bits per heavy atom. The molecule has 0 saturated heterocycles. The molecule has 0 fully saturated rings. The first kappa shape index (κ1) is 14.0. The van der Waals surface area contributed by atoms with Crippen LogP contribution in [0.3, 0.4) is 0 Å². The molecule has 0 bridgehead atoms. The molecule has 0 heterocycles. The van der Waals surface area contributed by atoms with Crippen molar-refractivity contribution in [3.05, 3.63) is 29.3 Å². The summed E-state index contributed by atoms with van der Waals surface area (Å²) >= 11 is 0. The maximum absolute atomic E-state index is 11.7. The zero-order valence-corrected chi connectivity index (χ0v) is 10.8. The van der Waals surface area contributed by atoms with E-state index in [1.165, 1.54) is 0 Å². The molecule has 0 aliphatic heterocycles. The summed E-state index contributed by atoms with van der Waals surface area (Å²) in [6.07, 6.45) is 0.343. The van der Waals surface area contributed by atoms with Crippen LogP contribution in [-0.4, -0.2) is 23.1 Å². The number of carbonyl (C=O) groups excluding carboxylic acids is 1. The summed E-state index contributed by atoms with van der Waals surface area (Å²) < 4.78 is 0. The van der Waals surface area contributed by atoms with Crippen molar-refractivity contribution in [2.75, 3.05) is 5.32 Å². The minimum atomic E-state index is -1.03. The maximum atomic E-state index is 11.7. The smallest absolute Gasteiger partial charge is 0.326 e. The summed E-state index contributed by atoms with van der Waals surface area (Å²) in [6.45, 7) is 5.51. The van der Waals surface area contributed by atoms with Gasteiger partial charge in [-0.1, -0.05) is 19.1 Å². The molecule has 0 aliphatic carbocycles. The van der Waals surface area contributed by atoms with Crippen LogP contribution in [0.4, 0.5) is 10.5 Å². The van der Waals surface area contributed by atoms with Crippen molar-refractivity contribution in [1.82, 2.24) is 5.32 Å². The summed E-state index contributed by atoms with van der Waals surface area (Å²) in [5.74, 6) is -1.03. The van der Waals surface area contributed by atoms with Gasteiger partial charge in [-0.2, -0.15) is 0 Å². The number of carboxylic acids is 1. The third kappa shape index (κ3) is 3.76. The number of carbonyl (C=O) groups is 2. The van der Waals surface area contributed by atoms with Gasteiger partial charge in [-0.25, -0.2) is 9.59 Å². The highest BCUT2D eigenvalue weighted by Gasteiger charge is 2.17. The standard InChI is InChI=1S/C13H18N2O3/c1-4-10(12(16)17)14-13(18)15-11-7-8(2)5-6-9(11)3/h5-7,10H,4H2,1-3H3,(H,16,17)(H2,14,15,18)/t10-/m1/s1. The molecular weight excluding hydrogens is 232 g/mol. The topological polar surface area (TPSA) is 78.4 Å². The molecule has 1 atom stereocenters. The molecule has 98 valence electrons. The number of hydrogen-bond donors (Lipinski definition) is 3. The summed E-state index contributed by atoms with van der Waals surface area (Å²) in [5, 5.41) is 13.9. The van der Waals surface area contributed by atoms with E-state index in [4.69, 9.17) is 5.11 Å². The number of benzene rings is 1. The minimum absolute atomic E-state index is 0.343. The zero-order chi connectivity index (χ0) is 13.7. The van der Waals surface area contributed by atoms with Gasteiger partial charge in [0.05, 0.1) is 0 Å². The van der Waals surface area contributed by atoms with Crippen LogP contribution in [0.1, 0.15) is 24.5 Å². The predicted octanol–water partition coefficient (Wildman–Crippen LogP) is 2.29. The number of amides is 2. The molecule has 0 unspecified atom stereocenters. The number of hydrogen-bond acceptors (Lipinski definition) is 2. The molecule has 0 radical (unpaired) electrons. The highest BCUT2D eigenvalue weighted by molar-refractivity contribution is 5.92. The van der Waals surface area contributed by atoms with Crippen molar-refractivity contribution < 1.29 is 14.7 Å². The first-order chi connectivity index (χ1) is 8.43. The normalized spacial score (nSPS) is 11.7. The van der Waals surface area contributed by atoms with Crippen LogP contribution in [0, 0.1) is 13.8 Å². The number of aliphatic carboxylic acids is 1. The molecule has 1 rings (SSSR count). The highest BCUT2D eigenvalue weighted by Crippen LogP contribution is 2.16. The average molecular weight is 250 g/mol. The monoisotopic (exact) mass is 250 g/mol. The quantitative estimate of drug-likeness (QED) is 0.767. The molecule has 2 amide bonds. The molecule has 0 saturated carbocycles. The fraction of sp³-hybridized carbons (Fsp3) is 0.385. The first-order valence-electron chi connectivity index (χ1n) is 5.81. The van der Waals surface area contributed by atoms with Gasteiger partial charge in [0.25, 0.3) is 0 Å². The van der Waals surface area contributed by atoms with Crippen molar-refractivity contribution in [2.45, 2.75) is 33.2 Å². The fourth-order valence-electron chi connectivity index (χ4n) is 1.53. The molecule has 18 heavy (non-hydrogen) atoms. The Balaban J connectivity index is 2.70. The highest BCUT2D eigenvalue weighted by atomic mass is 16.4. The van der Waals surface area contributed by atoms with Gasteiger partial charge in [-0.15, -0.1) is 0 Å². The van der Waals surface area contributed by atoms with Crippen LogP contribution in [0.15, 0.2) is 18.2 Å². The van der Waals surface area contributed by atoms with E-state index in [0.29, 0.717) is 12.1 Å². The summed E-state index contributed by atoms with van der Waals surface area (Å²) in [4.78, 5) is 22.5. The van der Waals surface area contributed by atoms with Crippen molar-refractivity contribution in [2.24, 2.45) is 0 Å². The maximum Gasteiger partial charge on any atom is 0.326 e. The summed E-state index contributed by atoms with van der Waals surface area (Å²) in [5.41, 5.74) is 2.65. The Hall–Kier alpha value is -2.04. The average Bonchev–Trinajstić information content (AvgIpc) is 2.30. The molecule has 1 aromatic rings. The minimum Gasteiger partial charge on any atom is -0.480 e. The SMILES string of the molecule is CC[C@@H](NC(=O)Nc1cc(C)ccc1C)C(=O)O. The molecule has 5 heteroatoms. The summed E-state index contributed by atoms with van der Waals surface area (Å²) in [7, 11) is 0. The van der Waals surface area contributed by atoms with Gasteiger partial charge in [0.15, 0.2) is 0 Å². The predicted molar refractivity (Wildman–Crippen MR) is 69.8 cm³/mol. The largest absolute Gasteiger partial charge is 0.480 e. The first-order valence-corrected chi connectivity index (χ1v) is 5.81. The van der Waals surface area contributed by atoms with Crippen molar-refractivity contribution in [3.8, 4) is 0 Å². The molecule has 5 nitrogen and oxygen atoms in total. The molecule has 0 aliphatic rings. The van der Waals surface area contributed by atoms with Crippen LogP contribution in [0.2, 0.25) is 0 Å². The Morgan fingerprint density at radius 3 is 2.56 bits per heavy atom. The Morgan fingerprint density at radius 1 is 1.33 bits per heavy atom. The third-order valence-corrected chi connectivity index (χ3v) is 2.65. The van der Waals surface area contributed by atoms with E-state index in [1.54, 1.807) is 6.92 Å². The lowest BCUT2D eigenvalue weighted by Crippen LogP contribution is -2.42. The van der Waals surface area contributed by atoms with Crippen LogP contribution in [-0.2, 0) is 4.79 Å². The molecular formula is C13H18N2O3. The van der Waals surface area contributed by atoms with E-state index < -0.39 is 18.0 Å². The van der Waals surface area contributed by atoms with Crippen LogP contribution < -0.4 is 10.6 Å². The van der Waals surface area contributed by atoms with E-state index in [1.807, 2.05) is 32.0 Å². The van der Waals surface area contributed by atoms with Crippen molar-refractivity contribution in [1.29, 1.82) is 0 Å². The van der Waals surface area contributed by atoms with E-state index >= 15 is 0 Å². The second-order valence-corrected chi connectivity index (χ2v) is 4.22. The number of rotatable bonds is 4. The van der Waals surface area contributed by atoms with Gasteiger partial charge in [0.2, 0.25) is 0 Å². The van der Waals surface area contributed by atoms with Crippen molar-refractivity contribution in [3.63, 3.8) is 0 Å². The third-order valence-electron chi connectivity index (χ3n) is 2.65. The van der Waals surface area contributed by atoms with Gasteiger partial charge >= 0.3 is 12.0 Å². The van der Waals surface area contributed by atoms with Crippen LogP contribution >= 0.6 is 0 Å². The number of anilines is 1. The molecule has 0 spiro atoms. The number of urea groups is 1. The lowest BCUT2D eigenvalue weighted by atomic mass is 10.1. The van der Waals surface area contributed by atoms with Gasteiger partial charge in [-0.05, 0) is 37.5 Å². The van der Waals surface area contributed by atoms with Gasteiger partial charge in [0, 0.05) is 5.69 Å². The number of carboxylic acid groups (broad SMARTS) is 1. The lowest BCUT2D eigenvalue weighted by molar-refractivity contribution is -0.139.